The SMILES string of the molecule is Cl.Cl.Cl.Cl.O=C(O)C1CCCC1(C(=O)O)C(=O)O. The van der Waals surface area contributed by atoms with Crippen molar-refractivity contribution >= 4 is 67.5 Å². The van der Waals surface area contributed by atoms with Crippen LogP contribution in [-0.2, 0) is 14.4 Å². The van der Waals surface area contributed by atoms with E-state index in [9.17, 15) is 14.4 Å². The molecule has 18 heavy (non-hydrogen) atoms. The molecule has 0 spiro atoms. The maximum absolute atomic E-state index is 10.8. The van der Waals surface area contributed by atoms with E-state index < -0.39 is 29.2 Å². The van der Waals surface area contributed by atoms with E-state index in [2.05, 4.69) is 0 Å². The van der Waals surface area contributed by atoms with E-state index in [0.29, 0.717) is 6.42 Å². The monoisotopic (exact) mass is 346 g/mol. The lowest BCUT2D eigenvalue weighted by Gasteiger charge is -2.23. The Labute approximate surface area is 128 Å². The summed E-state index contributed by atoms with van der Waals surface area (Å²) < 4.78 is 0. The second-order valence-electron chi connectivity index (χ2n) is 3.36. The van der Waals surface area contributed by atoms with E-state index in [1.165, 1.54) is 0 Å². The zero-order chi connectivity index (χ0) is 10.9. The quantitative estimate of drug-likeness (QED) is 0.670. The normalized spacial score (nSPS) is 19.0. The van der Waals surface area contributed by atoms with Crippen LogP contribution in [0.3, 0.4) is 0 Å². The summed E-state index contributed by atoms with van der Waals surface area (Å²) in [4.78, 5) is 32.4. The van der Waals surface area contributed by atoms with Crippen molar-refractivity contribution < 1.29 is 29.7 Å². The molecule has 1 rings (SSSR count). The first-order valence-electron chi connectivity index (χ1n) is 4.12. The molecule has 6 nitrogen and oxygen atoms in total. The second-order valence-corrected chi connectivity index (χ2v) is 3.36. The molecule has 0 aromatic heterocycles. The highest BCUT2D eigenvalue weighted by molar-refractivity contribution is 6.02. The van der Waals surface area contributed by atoms with Crippen LogP contribution in [0.25, 0.3) is 0 Å². The van der Waals surface area contributed by atoms with Gasteiger partial charge in [0.15, 0.2) is 5.41 Å². The number of carbonyl (C=O) groups is 3. The Hall–Kier alpha value is -0.430. The van der Waals surface area contributed by atoms with Crippen molar-refractivity contribution in [2.24, 2.45) is 11.3 Å². The van der Waals surface area contributed by atoms with Gasteiger partial charge >= 0.3 is 17.9 Å². The van der Waals surface area contributed by atoms with Crippen molar-refractivity contribution in [2.45, 2.75) is 19.3 Å². The van der Waals surface area contributed by atoms with Gasteiger partial charge in [0.1, 0.15) is 0 Å². The van der Waals surface area contributed by atoms with Crippen LogP contribution >= 0.6 is 49.6 Å². The molecule has 110 valence electrons. The lowest BCUT2D eigenvalue weighted by Crippen LogP contribution is -2.45. The number of halogens is 4. The molecule has 1 aliphatic rings. The molecule has 0 radical (unpaired) electrons. The summed E-state index contributed by atoms with van der Waals surface area (Å²) in [5.74, 6) is -5.80. The highest BCUT2D eigenvalue weighted by Crippen LogP contribution is 2.44. The van der Waals surface area contributed by atoms with Gasteiger partial charge in [0.25, 0.3) is 0 Å². The van der Waals surface area contributed by atoms with Crippen molar-refractivity contribution in [3.05, 3.63) is 0 Å². The van der Waals surface area contributed by atoms with Crippen LogP contribution in [0.1, 0.15) is 19.3 Å². The minimum atomic E-state index is -2.13. The van der Waals surface area contributed by atoms with E-state index in [4.69, 9.17) is 15.3 Å². The summed E-state index contributed by atoms with van der Waals surface area (Å²) in [5.41, 5.74) is -2.13. The van der Waals surface area contributed by atoms with Gasteiger partial charge in [-0.1, -0.05) is 6.42 Å². The van der Waals surface area contributed by atoms with E-state index in [-0.39, 0.29) is 62.5 Å². The molecule has 10 heteroatoms. The van der Waals surface area contributed by atoms with Gasteiger partial charge in [-0.05, 0) is 12.8 Å². The molecule has 0 bridgehead atoms. The fraction of sp³-hybridized carbons (Fsp3) is 0.625. The largest absolute Gasteiger partial charge is 0.481 e. The molecular formula is C8H14Cl4O6. The summed E-state index contributed by atoms with van der Waals surface area (Å²) in [7, 11) is 0. The van der Waals surface area contributed by atoms with Crippen LogP contribution in [0.15, 0.2) is 0 Å². The summed E-state index contributed by atoms with van der Waals surface area (Å²) in [5, 5.41) is 26.3. The maximum Gasteiger partial charge on any atom is 0.321 e. The van der Waals surface area contributed by atoms with Crippen LogP contribution in [0, 0.1) is 11.3 Å². The third kappa shape index (κ3) is 4.05. The number of carboxylic acid groups (broad SMARTS) is 3. The topological polar surface area (TPSA) is 112 Å². The number of carboxylic acids is 3. The number of rotatable bonds is 3. The molecule has 0 aromatic rings. The molecule has 0 aliphatic heterocycles. The molecule has 1 aliphatic carbocycles. The maximum atomic E-state index is 10.8. The fourth-order valence-electron chi connectivity index (χ4n) is 1.94. The zero-order valence-corrected chi connectivity index (χ0v) is 12.2. The van der Waals surface area contributed by atoms with Crippen molar-refractivity contribution in [1.29, 1.82) is 0 Å². The number of hydrogen-bond acceptors (Lipinski definition) is 3. The Morgan fingerprint density at radius 2 is 1.28 bits per heavy atom. The molecule has 0 heterocycles. The smallest absolute Gasteiger partial charge is 0.321 e. The van der Waals surface area contributed by atoms with Gasteiger partial charge in [-0.15, -0.1) is 49.6 Å². The van der Waals surface area contributed by atoms with Gasteiger partial charge in [0.05, 0.1) is 5.92 Å². The van der Waals surface area contributed by atoms with E-state index in [1.807, 2.05) is 0 Å². The van der Waals surface area contributed by atoms with Gasteiger partial charge in [-0.3, -0.25) is 14.4 Å². The Balaban J connectivity index is -0.000000245. The second kappa shape index (κ2) is 9.49. The fourth-order valence-corrected chi connectivity index (χ4v) is 1.94. The number of hydrogen-bond donors (Lipinski definition) is 3. The predicted molar refractivity (Wildman–Crippen MR) is 71.7 cm³/mol. The first kappa shape index (κ1) is 26.2. The van der Waals surface area contributed by atoms with Crippen LogP contribution in [0.2, 0.25) is 0 Å². The van der Waals surface area contributed by atoms with Gasteiger partial charge in [0, 0.05) is 0 Å². The zero-order valence-electron chi connectivity index (χ0n) is 8.90. The van der Waals surface area contributed by atoms with Crippen LogP contribution in [-0.4, -0.2) is 33.2 Å². The standard InChI is InChI=1S/C8H10O6.4ClH/c9-5(10)4-2-1-3-8(4,6(11)12)7(13)14;;;;/h4H,1-3H2,(H,9,10)(H,11,12)(H,13,14);4*1H. The predicted octanol–water partition coefficient (Wildman–Crippen LogP) is 1.71. The average Bonchev–Trinajstić information content (AvgIpc) is 2.47. The Bertz CT molecular complexity index is 294. The van der Waals surface area contributed by atoms with Gasteiger partial charge < -0.3 is 15.3 Å². The summed E-state index contributed by atoms with van der Waals surface area (Å²) in [6.45, 7) is 0. The molecule has 3 N–H and O–H groups in total. The van der Waals surface area contributed by atoms with Crippen molar-refractivity contribution in [1.82, 2.24) is 0 Å². The molecule has 1 saturated carbocycles. The van der Waals surface area contributed by atoms with Crippen LogP contribution in [0.4, 0.5) is 0 Å². The van der Waals surface area contributed by atoms with Crippen LogP contribution < -0.4 is 0 Å². The van der Waals surface area contributed by atoms with Crippen molar-refractivity contribution in [3.63, 3.8) is 0 Å². The first-order chi connectivity index (χ1) is 6.43. The molecule has 1 fully saturated rings. The highest BCUT2D eigenvalue weighted by Gasteiger charge is 2.58. The van der Waals surface area contributed by atoms with Crippen molar-refractivity contribution in [3.8, 4) is 0 Å². The minimum absolute atomic E-state index is 0. The molecule has 1 unspecified atom stereocenters. The van der Waals surface area contributed by atoms with Crippen molar-refractivity contribution in [2.75, 3.05) is 0 Å². The Morgan fingerprint density at radius 1 is 0.889 bits per heavy atom. The minimum Gasteiger partial charge on any atom is -0.481 e. The van der Waals surface area contributed by atoms with E-state index in [0.717, 1.165) is 0 Å². The van der Waals surface area contributed by atoms with E-state index in [1.54, 1.807) is 0 Å². The molecule has 0 aromatic carbocycles. The number of aliphatic carboxylic acids is 3. The summed E-state index contributed by atoms with van der Waals surface area (Å²) in [6, 6.07) is 0. The third-order valence-electron chi connectivity index (χ3n) is 2.72. The molecule has 0 amide bonds. The summed E-state index contributed by atoms with van der Waals surface area (Å²) >= 11 is 0. The van der Waals surface area contributed by atoms with Crippen LogP contribution in [0.5, 0.6) is 0 Å². The van der Waals surface area contributed by atoms with Gasteiger partial charge in [0.2, 0.25) is 0 Å². The lowest BCUT2D eigenvalue weighted by molar-refractivity contribution is -0.173. The molecule has 1 atom stereocenters. The Kier molecular flexibility index (Phi) is 13.8. The molecule has 0 saturated heterocycles. The van der Waals surface area contributed by atoms with Gasteiger partial charge in [-0.2, -0.15) is 0 Å². The molecular weight excluding hydrogens is 334 g/mol. The highest BCUT2D eigenvalue weighted by atomic mass is 35.5. The van der Waals surface area contributed by atoms with Gasteiger partial charge in [-0.25, -0.2) is 0 Å². The Morgan fingerprint density at radius 3 is 1.50 bits per heavy atom. The summed E-state index contributed by atoms with van der Waals surface area (Å²) in [6.07, 6.45) is 0.304. The first-order valence-corrected chi connectivity index (χ1v) is 4.12. The average molecular weight is 348 g/mol. The van der Waals surface area contributed by atoms with E-state index >= 15 is 0 Å². The lowest BCUT2D eigenvalue weighted by atomic mass is 9.78. The third-order valence-corrected chi connectivity index (χ3v) is 2.72.